The minimum atomic E-state index is -0.280. The van der Waals surface area contributed by atoms with Crippen LogP contribution in [0.1, 0.15) is 50.7 Å². The van der Waals surface area contributed by atoms with Crippen LogP contribution < -0.4 is 0 Å². The molecule has 0 aliphatic heterocycles. The van der Waals surface area contributed by atoms with E-state index in [1.165, 1.54) is 32.1 Å². The van der Waals surface area contributed by atoms with Crippen molar-refractivity contribution < 1.29 is 5.11 Å². The second-order valence-electron chi connectivity index (χ2n) is 5.20. The minimum Gasteiger partial charge on any atom is -0.388 e. The van der Waals surface area contributed by atoms with E-state index < -0.39 is 0 Å². The van der Waals surface area contributed by atoms with E-state index in [0.717, 1.165) is 16.0 Å². The van der Waals surface area contributed by atoms with E-state index >= 15 is 0 Å². The summed E-state index contributed by atoms with van der Waals surface area (Å²) in [6.45, 7) is 2.26. The fourth-order valence-corrected chi connectivity index (χ4v) is 3.19. The zero-order valence-electron chi connectivity index (χ0n) is 10.4. The molecule has 1 aliphatic rings. The van der Waals surface area contributed by atoms with Gasteiger partial charge >= 0.3 is 0 Å². The van der Waals surface area contributed by atoms with E-state index in [1.807, 2.05) is 24.3 Å². The summed E-state index contributed by atoms with van der Waals surface area (Å²) in [6, 6.07) is 8.09. The zero-order valence-corrected chi connectivity index (χ0v) is 12.0. The van der Waals surface area contributed by atoms with E-state index in [2.05, 4.69) is 22.9 Å². The van der Waals surface area contributed by atoms with Gasteiger partial charge in [-0.05, 0) is 42.4 Å². The lowest BCUT2D eigenvalue weighted by molar-refractivity contribution is 0.0678. The number of hydrogen-bond donors (Lipinski definition) is 1. The second kappa shape index (κ2) is 6.01. The third kappa shape index (κ3) is 3.32. The Morgan fingerprint density at radius 1 is 1.29 bits per heavy atom. The first-order chi connectivity index (χ1) is 8.20. The molecule has 0 bridgehead atoms. The highest BCUT2D eigenvalue weighted by Crippen LogP contribution is 2.38. The van der Waals surface area contributed by atoms with Crippen molar-refractivity contribution in [3.8, 4) is 0 Å². The van der Waals surface area contributed by atoms with Crippen molar-refractivity contribution in [1.82, 2.24) is 0 Å². The molecule has 94 valence electrons. The van der Waals surface area contributed by atoms with Crippen LogP contribution in [0.5, 0.6) is 0 Å². The van der Waals surface area contributed by atoms with Crippen LogP contribution in [0.25, 0.3) is 0 Å². The fraction of sp³-hybridized carbons (Fsp3) is 0.600. The molecule has 0 radical (unpaired) electrons. The third-order valence-corrected chi connectivity index (χ3v) is 4.59. The molecule has 1 saturated carbocycles. The van der Waals surface area contributed by atoms with Gasteiger partial charge in [-0.15, -0.1) is 0 Å². The van der Waals surface area contributed by atoms with E-state index in [1.54, 1.807) is 0 Å². The van der Waals surface area contributed by atoms with Crippen molar-refractivity contribution in [2.75, 3.05) is 0 Å². The highest BCUT2D eigenvalue weighted by Gasteiger charge is 2.27. The van der Waals surface area contributed by atoms with Crippen molar-refractivity contribution in [2.45, 2.75) is 45.1 Å². The molecule has 17 heavy (non-hydrogen) atoms. The highest BCUT2D eigenvalue weighted by atomic mass is 79.9. The number of halogens is 1. The number of rotatable bonds is 3. The standard InChI is InChI=1S/C15H21BrO/c1-2-11-4-3-5-13(10-11)15(17)12-6-8-14(16)9-7-12/h6-9,11,13,15,17H,2-5,10H2,1H3. The summed E-state index contributed by atoms with van der Waals surface area (Å²) in [7, 11) is 0. The first kappa shape index (κ1) is 13.1. The summed E-state index contributed by atoms with van der Waals surface area (Å²) in [5.74, 6) is 1.27. The molecule has 2 heteroatoms. The molecule has 0 saturated heterocycles. The Labute approximate surface area is 112 Å². The molecular weight excluding hydrogens is 276 g/mol. The van der Waals surface area contributed by atoms with E-state index in [9.17, 15) is 5.11 Å². The molecule has 1 nitrogen and oxygen atoms in total. The molecular formula is C15H21BrO. The van der Waals surface area contributed by atoms with Crippen molar-refractivity contribution in [3.63, 3.8) is 0 Å². The maximum absolute atomic E-state index is 10.4. The Kier molecular flexibility index (Phi) is 4.63. The highest BCUT2D eigenvalue weighted by molar-refractivity contribution is 9.10. The maximum atomic E-state index is 10.4. The lowest BCUT2D eigenvalue weighted by atomic mass is 9.76. The SMILES string of the molecule is CCC1CCCC(C(O)c2ccc(Br)cc2)C1. The first-order valence-corrected chi connectivity index (χ1v) is 7.43. The van der Waals surface area contributed by atoms with Crippen molar-refractivity contribution in [3.05, 3.63) is 34.3 Å². The monoisotopic (exact) mass is 296 g/mol. The lowest BCUT2D eigenvalue weighted by Gasteiger charge is -2.32. The fourth-order valence-electron chi connectivity index (χ4n) is 2.92. The molecule has 1 fully saturated rings. The first-order valence-electron chi connectivity index (χ1n) is 6.64. The van der Waals surface area contributed by atoms with Crippen LogP contribution in [-0.2, 0) is 0 Å². The second-order valence-corrected chi connectivity index (χ2v) is 6.11. The Bertz CT molecular complexity index is 346. The summed E-state index contributed by atoms with van der Waals surface area (Å²) in [4.78, 5) is 0. The Morgan fingerprint density at radius 3 is 2.65 bits per heavy atom. The number of benzene rings is 1. The van der Waals surface area contributed by atoms with Crippen molar-refractivity contribution in [1.29, 1.82) is 0 Å². The molecule has 1 aromatic carbocycles. The smallest absolute Gasteiger partial charge is 0.0818 e. The van der Waals surface area contributed by atoms with Gasteiger partial charge in [-0.1, -0.05) is 54.2 Å². The van der Waals surface area contributed by atoms with Gasteiger partial charge in [-0.2, -0.15) is 0 Å². The average molecular weight is 297 g/mol. The molecule has 1 aromatic rings. The van der Waals surface area contributed by atoms with Crippen LogP contribution in [0, 0.1) is 11.8 Å². The summed E-state index contributed by atoms with van der Waals surface area (Å²) >= 11 is 3.43. The van der Waals surface area contributed by atoms with E-state index in [0.29, 0.717) is 5.92 Å². The summed E-state index contributed by atoms with van der Waals surface area (Å²) in [5, 5.41) is 10.4. The minimum absolute atomic E-state index is 0.280. The van der Waals surface area contributed by atoms with Gasteiger partial charge in [0.1, 0.15) is 0 Å². The van der Waals surface area contributed by atoms with Gasteiger partial charge in [0.15, 0.2) is 0 Å². The molecule has 0 amide bonds. The molecule has 3 unspecified atom stereocenters. The molecule has 2 rings (SSSR count). The van der Waals surface area contributed by atoms with Gasteiger partial charge < -0.3 is 5.11 Å². The van der Waals surface area contributed by atoms with E-state index in [4.69, 9.17) is 0 Å². The van der Waals surface area contributed by atoms with Gasteiger partial charge in [0.05, 0.1) is 6.10 Å². The number of aliphatic hydroxyl groups excluding tert-OH is 1. The van der Waals surface area contributed by atoms with Crippen LogP contribution in [0.4, 0.5) is 0 Å². The topological polar surface area (TPSA) is 20.2 Å². The quantitative estimate of drug-likeness (QED) is 0.857. The van der Waals surface area contributed by atoms with Gasteiger partial charge in [-0.25, -0.2) is 0 Å². The summed E-state index contributed by atoms with van der Waals surface area (Å²) < 4.78 is 1.07. The maximum Gasteiger partial charge on any atom is 0.0818 e. The lowest BCUT2D eigenvalue weighted by Crippen LogP contribution is -2.21. The summed E-state index contributed by atoms with van der Waals surface area (Å²) in [5.41, 5.74) is 1.06. The van der Waals surface area contributed by atoms with Gasteiger partial charge in [-0.3, -0.25) is 0 Å². The van der Waals surface area contributed by atoms with Crippen LogP contribution in [0.15, 0.2) is 28.7 Å². The Hall–Kier alpha value is -0.340. The Balaban J connectivity index is 2.03. The molecule has 1 aliphatic carbocycles. The molecule has 0 heterocycles. The number of aliphatic hydroxyl groups is 1. The predicted molar refractivity (Wildman–Crippen MR) is 74.8 cm³/mol. The average Bonchev–Trinajstić information content (AvgIpc) is 2.39. The zero-order chi connectivity index (χ0) is 12.3. The van der Waals surface area contributed by atoms with Crippen LogP contribution in [0.3, 0.4) is 0 Å². The number of hydrogen-bond acceptors (Lipinski definition) is 1. The predicted octanol–water partition coefficient (Wildman–Crippen LogP) is 4.70. The molecule has 1 N–H and O–H groups in total. The van der Waals surface area contributed by atoms with Gasteiger partial charge in [0.2, 0.25) is 0 Å². The largest absolute Gasteiger partial charge is 0.388 e. The summed E-state index contributed by atoms with van der Waals surface area (Å²) in [6.07, 6.45) is 5.96. The van der Waals surface area contributed by atoms with Crippen molar-refractivity contribution in [2.24, 2.45) is 11.8 Å². The molecule has 3 atom stereocenters. The van der Waals surface area contributed by atoms with E-state index in [-0.39, 0.29) is 6.10 Å². The van der Waals surface area contributed by atoms with Gasteiger partial charge in [0, 0.05) is 4.47 Å². The van der Waals surface area contributed by atoms with Gasteiger partial charge in [0.25, 0.3) is 0 Å². The van der Waals surface area contributed by atoms with Crippen molar-refractivity contribution >= 4 is 15.9 Å². The van der Waals surface area contributed by atoms with Crippen LogP contribution in [-0.4, -0.2) is 5.11 Å². The Morgan fingerprint density at radius 2 is 2.00 bits per heavy atom. The van der Waals surface area contributed by atoms with Crippen LogP contribution >= 0.6 is 15.9 Å². The third-order valence-electron chi connectivity index (χ3n) is 4.06. The normalized spacial score (nSPS) is 26.8. The molecule has 0 spiro atoms. The molecule has 0 aromatic heterocycles. The van der Waals surface area contributed by atoms with Crippen LogP contribution in [0.2, 0.25) is 0 Å².